The Kier molecular flexibility index (Phi) is 12.3. The highest BCUT2D eigenvalue weighted by molar-refractivity contribution is 7.86. The van der Waals surface area contributed by atoms with Gasteiger partial charge in [-0.2, -0.15) is 8.42 Å². The number of rotatable bonds is 14. The zero-order chi connectivity index (χ0) is 29.1. The molecule has 0 saturated heterocycles. The smallest absolute Gasteiger partial charge is 0.264 e. The van der Waals surface area contributed by atoms with Crippen molar-refractivity contribution in [3.05, 3.63) is 124 Å². The third-order valence-corrected chi connectivity index (χ3v) is 6.52. The van der Waals surface area contributed by atoms with Gasteiger partial charge < -0.3 is 5.11 Å². The number of hydrogen-bond acceptors (Lipinski definition) is 5. The first-order chi connectivity index (χ1) is 18.3. The van der Waals surface area contributed by atoms with Crippen LogP contribution in [0, 0.1) is 0 Å². The van der Waals surface area contributed by atoms with Crippen LogP contribution in [0.1, 0.15) is 62.0 Å². The standard InChI is InChI=1S/C32H38ClNO4S/c1-7-26(30(34-5)22-24(2)33)16-10-8-9-14-25-15-13-18-28(23-25)31(38-39(6,36)37)21-20-27-17-11-12-19-29(27)32(3,4)35/h7,9-19,22-23,31,35H,1,5,8,20-21H2,2-4,6H3/b14-9+,16-10-,24-22+,30-26-. The normalized spacial score (nSPS) is 14.5. The summed E-state index contributed by atoms with van der Waals surface area (Å²) in [5.74, 6) is 0. The van der Waals surface area contributed by atoms with Gasteiger partial charge in [0.2, 0.25) is 0 Å². The van der Waals surface area contributed by atoms with Gasteiger partial charge in [-0.3, -0.25) is 9.18 Å². The van der Waals surface area contributed by atoms with Crippen molar-refractivity contribution in [3.63, 3.8) is 0 Å². The lowest BCUT2D eigenvalue weighted by Crippen LogP contribution is -2.18. The molecule has 7 heteroatoms. The maximum atomic E-state index is 12.1. The van der Waals surface area contributed by atoms with Crippen LogP contribution < -0.4 is 0 Å². The lowest BCUT2D eigenvalue weighted by atomic mass is 9.90. The summed E-state index contributed by atoms with van der Waals surface area (Å²) in [6, 6.07) is 15.3. The first-order valence-electron chi connectivity index (χ1n) is 12.6. The Morgan fingerprint density at radius 1 is 1.18 bits per heavy atom. The van der Waals surface area contributed by atoms with Crippen molar-refractivity contribution >= 4 is 34.5 Å². The van der Waals surface area contributed by atoms with E-state index in [0.717, 1.165) is 34.1 Å². The van der Waals surface area contributed by atoms with Gasteiger partial charge in [0.25, 0.3) is 10.1 Å². The van der Waals surface area contributed by atoms with E-state index in [-0.39, 0.29) is 0 Å². The van der Waals surface area contributed by atoms with Crippen LogP contribution in [0.4, 0.5) is 0 Å². The molecule has 0 aliphatic carbocycles. The van der Waals surface area contributed by atoms with Crippen molar-refractivity contribution in [3.8, 4) is 0 Å². The molecule has 0 spiro atoms. The van der Waals surface area contributed by atoms with Gasteiger partial charge in [0.15, 0.2) is 0 Å². The molecular formula is C32H38ClNO4S. The van der Waals surface area contributed by atoms with Crippen LogP contribution in [-0.2, 0) is 26.3 Å². The summed E-state index contributed by atoms with van der Waals surface area (Å²) in [6.07, 6.45) is 13.3. The number of halogens is 1. The fraction of sp³-hybridized carbons (Fsp3) is 0.281. The summed E-state index contributed by atoms with van der Waals surface area (Å²) in [7, 11) is -3.69. The molecule has 39 heavy (non-hydrogen) atoms. The molecule has 1 N–H and O–H groups in total. The molecule has 0 radical (unpaired) electrons. The van der Waals surface area contributed by atoms with E-state index in [1.807, 2.05) is 72.8 Å². The fourth-order valence-electron chi connectivity index (χ4n) is 4.11. The van der Waals surface area contributed by atoms with Crippen molar-refractivity contribution < 1.29 is 17.7 Å². The summed E-state index contributed by atoms with van der Waals surface area (Å²) in [5.41, 5.74) is 3.91. The predicted octanol–water partition coefficient (Wildman–Crippen LogP) is 7.81. The van der Waals surface area contributed by atoms with Gasteiger partial charge in [-0.05, 0) is 86.7 Å². The van der Waals surface area contributed by atoms with Gasteiger partial charge in [0.1, 0.15) is 6.10 Å². The van der Waals surface area contributed by atoms with Crippen molar-refractivity contribution in [2.75, 3.05) is 6.26 Å². The van der Waals surface area contributed by atoms with E-state index in [9.17, 15) is 13.5 Å². The minimum Gasteiger partial charge on any atom is -0.386 e. The third kappa shape index (κ3) is 11.3. The number of aryl methyl sites for hydroxylation is 1. The number of aliphatic imine (C=N–C) groups is 1. The van der Waals surface area contributed by atoms with Gasteiger partial charge >= 0.3 is 0 Å². The largest absolute Gasteiger partial charge is 0.386 e. The molecule has 2 aromatic carbocycles. The molecule has 0 heterocycles. The highest BCUT2D eigenvalue weighted by Gasteiger charge is 2.22. The maximum absolute atomic E-state index is 12.1. The maximum Gasteiger partial charge on any atom is 0.264 e. The van der Waals surface area contributed by atoms with Crippen molar-refractivity contribution in [2.45, 2.75) is 51.7 Å². The van der Waals surface area contributed by atoms with Crippen LogP contribution in [0.25, 0.3) is 6.08 Å². The molecule has 0 saturated carbocycles. The highest BCUT2D eigenvalue weighted by Crippen LogP contribution is 2.30. The summed E-state index contributed by atoms with van der Waals surface area (Å²) < 4.78 is 29.6. The zero-order valence-corrected chi connectivity index (χ0v) is 24.7. The Labute approximate surface area is 238 Å². The first kappa shape index (κ1) is 32.2. The summed E-state index contributed by atoms with van der Waals surface area (Å²) in [5, 5.41) is 11.2. The Morgan fingerprint density at radius 3 is 2.51 bits per heavy atom. The van der Waals surface area contributed by atoms with Gasteiger partial charge in [0.05, 0.1) is 17.6 Å². The van der Waals surface area contributed by atoms with Crippen LogP contribution in [0.2, 0.25) is 0 Å². The second kappa shape index (κ2) is 14.9. The van der Waals surface area contributed by atoms with E-state index in [0.29, 0.717) is 30.0 Å². The van der Waals surface area contributed by atoms with Gasteiger partial charge in [0, 0.05) is 5.03 Å². The van der Waals surface area contributed by atoms with E-state index >= 15 is 0 Å². The molecule has 2 rings (SSSR count). The van der Waals surface area contributed by atoms with Gasteiger partial charge in [-0.1, -0.05) is 91.0 Å². The van der Waals surface area contributed by atoms with E-state index < -0.39 is 21.8 Å². The van der Waals surface area contributed by atoms with Crippen LogP contribution in [-0.4, -0.2) is 26.5 Å². The number of allylic oxidation sites excluding steroid dienone is 7. The predicted molar refractivity (Wildman–Crippen MR) is 164 cm³/mol. The molecule has 1 atom stereocenters. The molecule has 2 aromatic rings. The summed E-state index contributed by atoms with van der Waals surface area (Å²) in [4.78, 5) is 4.01. The van der Waals surface area contributed by atoms with Crippen LogP contribution in [0.3, 0.4) is 0 Å². The highest BCUT2D eigenvalue weighted by atomic mass is 35.5. The third-order valence-electron chi connectivity index (χ3n) is 5.83. The number of benzene rings is 2. The van der Waals surface area contributed by atoms with Crippen molar-refractivity contribution in [1.29, 1.82) is 0 Å². The van der Waals surface area contributed by atoms with Crippen molar-refractivity contribution in [2.24, 2.45) is 4.99 Å². The van der Waals surface area contributed by atoms with E-state index in [1.54, 1.807) is 32.9 Å². The molecule has 0 aliphatic rings. The van der Waals surface area contributed by atoms with Crippen LogP contribution >= 0.6 is 11.6 Å². The molecule has 0 bridgehead atoms. The minimum atomic E-state index is -3.69. The monoisotopic (exact) mass is 567 g/mol. The van der Waals surface area contributed by atoms with Gasteiger partial charge in [-0.25, -0.2) is 0 Å². The number of nitrogens with zero attached hydrogens (tertiary/aromatic N) is 1. The minimum absolute atomic E-state index is 0.433. The molecule has 0 amide bonds. The molecule has 208 valence electrons. The lowest BCUT2D eigenvalue weighted by Gasteiger charge is -2.23. The molecule has 1 unspecified atom stereocenters. The molecule has 0 aliphatic heterocycles. The Morgan fingerprint density at radius 2 is 1.90 bits per heavy atom. The molecule has 0 fully saturated rings. The van der Waals surface area contributed by atoms with E-state index in [2.05, 4.69) is 18.3 Å². The lowest BCUT2D eigenvalue weighted by molar-refractivity contribution is 0.0773. The van der Waals surface area contributed by atoms with Crippen LogP contribution in [0.15, 0.2) is 107 Å². The van der Waals surface area contributed by atoms with Crippen LogP contribution in [0.5, 0.6) is 0 Å². The Balaban J connectivity index is 2.22. The summed E-state index contributed by atoms with van der Waals surface area (Å²) >= 11 is 5.97. The Hall–Kier alpha value is -3.03. The zero-order valence-electron chi connectivity index (χ0n) is 23.1. The van der Waals surface area contributed by atoms with E-state index in [4.69, 9.17) is 15.8 Å². The van der Waals surface area contributed by atoms with E-state index in [1.165, 1.54) is 0 Å². The second-order valence-corrected chi connectivity index (χ2v) is 11.9. The SMILES string of the molecule is C=CC(/C=C\C/C=C/c1cccc(C(CCc2ccccc2C(C)(C)O)OS(C)(=O)=O)c1)=C(\C=C(/C)Cl)N=C. The Bertz CT molecular complexity index is 1370. The quantitative estimate of drug-likeness (QED) is 0.143. The van der Waals surface area contributed by atoms with Crippen molar-refractivity contribution in [1.82, 2.24) is 0 Å². The molecule has 0 aromatic heterocycles. The molecular weight excluding hydrogens is 530 g/mol. The molecule has 5 nitrogen and oxygen atoms in total. The number of hydrogen-bond donors (Lipinski definition) is 1. The number of aliphatic hydroxyl groups is 1. The topological polar surface area (TPSA) is 76.0 Å². The average Bonchev–Trinajstić information content (AvgIpc) is 2.86. The van der Waals surface area contributed by atoms with Gasteiger partial charge in [-0.15, -0.1) is 0 Å². The average molecular weight is 568 g/mol. The summed E-state index contributed by atoms with van der Waals surface area (Å²) in [6.45, 7) is 12.7. The second-order valence-electron chi connectivity index (χ2n) is 9.69. The fourth-order valence-corrected chi connectivity index (χ4v) is 4.84. The first-order valence-corrected chi connectivity index (χ1v) is 14.8.